The van der Waals surface area contributed by atoms with Crippen LogP contribution in [-0.2, 0) is 11.3 Å². The number of nitrogens with zero attached hydrogens (tertiary/aromatic N) is 1. The molecule has 0 aromatic heterocycles. The van der Waals surface area contributed by atoms with Gasteiger partial charge >= 0.3 is 0 Å². The summed E-state index contributed by atoms with van der Waals surface area (Å²) >= 11 is 17.9. The molecule has 2 aromatic carbocycles. The SMILES string of the molecule is CN(CC(=O)Nc1cc(Cl)c(Cl)cc1Cl)Cc1ccc(C(=O)NC2CC2)cc1. The minimum Gasteiger partial charge on any atom is -0.349 e. The maximum Gasteiger partial charge on any atom is 0.251 e. The van der Waals surface area contributed by atoms with Crippen molar-refractivity contribution in [2.75, 3.05) is 18.9 Å². The highest BCUT2D eigenvalue weighted by atomic mass is 35.5. The van der Waals surface area contributed by atoms with Gasteiger partial charge in [-0.2, -0.15) is 0 Å². The molecular formula is C20H20Cl3N3O2. The summed E-state index contributed by atoms with van der Waals surface area (Å²) in [5.41, 5.74) is 2.07. The molecule has 2 N–H and O–H groups in total. The van der Waals surface area contributed by atoms with Crippen molar-refractivity contribution in [2.45, 2.75) is 25.4 Å². The summed E-state index contributed by atoms with van der Waals surface area (Å²) in [7, 11) is 1.84. The van der Waals surface area contributed by atoms with E-state index in [0.29, 0.717) is 38.9 Å². The smallest absolute Gasteiger partial charge is 0.251 e. The number of halogens is 3. The van der Waals surface area contributed by atoms with Gasteiger partial charge in [-0.05, 0) is 49.7 Å². The molecule has 1 saturated carbocycles. The summed E-state index contributed by atoms with van der Waals surface area (Å²) in [5.74, 6) is -0.261. The van der Waals surface area contributed by atoms with Crippen LogP contribution in [0, 0.1) is 0 Å². The average molecular weight is 441 g/mol. The highest BCUT2D eigenvalue weighted by Crippen LogP contribution is 2.32. The molecule has 1 aliphatic carbocycles. The maximum absolute atomic E-state index is 12.3. The molecule has 8 heteroatoms. The first-order valence-electron chi connectivity index (χ1n) is 8.84. The molecule has 5 nitrogen and oxygen atoms in total. The lowest BCUT2D eigenvalue weighted by Gasteiger charge is -2.17. The Bertz CT molecular complexity index is 883. The van der Waals surface area contributed by atoms with Crippen LogP contribution < -0.4 is 10.6 Å². The third kappa shape index (κ3) is 5.85. The molecule has 2 aromatic rings. The Morgan fingerprint density at radius 2 is 1.68 bits per heavy atom. The van der Waals surface area contributed by atoms with Gasteiger partial charge in [0.05, 0.1) is 27.3 Å². The Hall–Kier alpha value is -1.79. The van der Waals surface area contributed by atoms with Gasteiger partial charge in [0.25, 0.3) is 5.91 Å². The summed E-state index contributed by atoms with van der Waals surface area (Å²) in [6.45, 7) is 0.730. The highest BCUT2D eigenvalue weighted by molar-refractivity contribution is 6.44. The number of likely N-dealkylation sites (N-methyl/N-ethyl adjacent to an activating group) is 1. The van der Waals surface area contributed by atoms with Crippen molar-refractivity contribution in [2.24, 2.45) is 0 Å². The van der Waals surface area contributed by atoms with Crippen LogP contribution in [0.4, 0.5) is 5.69 Å². The lowest BCUT2D eigenvalue weighted by Crippen LogP contribution is -2.30. The highest BCUT2D eigenvalue weighted by Gasteiger charge is 2.23. The van der Waals surface area contributed by atoms with Crippen LogP contribution in [-0.4, -0.2) is 36.3 Å². The molecule has 0 radical (unpaired) electrons. The number of hydrogen-bond donors (Lipinski definition) is 2. The second-order valence-corrected chi connectivity index (χ2v) is 8.13. The largest absolute Gasteiger partial charge is 0.349 e. The second kappa shape index (κ2) is 9.14. The van der Waals surface area contributed by atoms with Crippen molar-refractivity contribution in [3.63, 3.8) is 0 Å². The number of benzene rings is 2. The van der Waals surface area contributed by atoms with E-state index >= 15 is 0 Å². The van der Waals surface area contributed by atoms with Crippen molar-refractivity contribution in [1.82, 2.24) is 10.2 Å². The van der Waals surface area contributed by atoms with Crippen LogP contribution in [0.3, 0.4) is 0 Å². The third-order valence-corrected chi connectivity index (χ3v) is 5.31. The van der Waals surface area contributed by atoms with E-state index in [2.05, 4.69) is 10.6 Å². The Kier molecular flexibility index (Phi) is 6.83. The Labute approximate surface area is 178 Å². The Morgan fingerprint density at radius 1 is 1.04 bits per heavy atom. The van der Waals surface area contributed by atoms with E-state index in [4.69, 9.17) is 34.8 Å². The van der Waals surface area contributed by atoms with Crippen LogP contribution in [0.15, 0.2) is 36.4 Å². The summed E-state index contributed by atoms with van der Waals surface area (Å²) in [6, 6.07) is 10.7. The van der Waals surface area contributed by atoms with Crippen molar-refractivity contribution in [3.05, 3.63) is 62.6 Å². The predicted molar refractivity (Wildman–Crippen MR) is 113 cm³/mol. The summed E-state index contributed by atoms with van der Waals surface area (Å²) in [4.78, 5) is 26.2. The molecule has 3 rings (SSSR count). The molecule has 0 bridgehead atoms. The van der Waals surface area contributed by atoms with Crippen LogP contribution in [0.2, 0.25) is 15.1 Å². The van der Waals surface area contributed by atoms with Gasteiger partial charge in [-0.15, -0.1) is 0 Å². The molecule has 0 saturated heterocycles. The van der Waals surface area contributed by atoms with E-state index < -0.39 is 0 Å². The van der Waals surface area contributed by atoms with Crippen molar-refractivity contribution < 1.29 is 9.59 Å². The fraction of sp³-hybridized carbons (Fsp3) is 0.300. The standard InChI is InChI=1S/C20H20Cl3N3O2/c1-26(11-19(27)25-18-9-16(22)15(21)8-17(18)23)10-12-2-4-13(5-3-12)20(28)24-14-6-7-14/h2-5,8-9,14H,6-7,10-11H2,1H3,(H,24,28)(H,25,27). The van der Waals surface area contributed by atoms with Crippen LogP contribution >= 0.6 is 34.8 Å². The molecule has 1 aliphatic rings. The van der Waals surface area contributed by atoms with Gasteiger partial charge in [0.15, 0.2) is 0 Å². The molecular weight excluding hydrogens is 421 g/mol. The summed E-state index contributed by atoms with van der Waals surface area (Å²) in [6.07, 6.45) is 2.12. The van der Waals surface area contributed by atoms with Gasteiger partial charge < -0.3 is 10.6 Å². The fourth-order valence-corrected chi connectivity index (χ4v) is 3.27. The van der Waals surface area contributed by atoms with Gasteiger partial charge in [-0.1, -0.05) is 46.9 Å². The zero-order valence-corrected chi connectivity index (χ0v) is 17.5. The zero-order valence-electron chi connectivity index (χ0n) is 15.3. The first-order chi connectivity index (χ1) is 13.3. The monoisotopic (exact) mass is 439 g/mol. The van der Waals surface area contributed by atoms with Gasteiger partial charge in [0.2, 0.25) is 5.91 Å². The second-order valence-electron chi connectivity index (χ2n) is 6.91. The van der Waals surface area contributed by atoms with Crippen LogP contribution in [0.5, 0.6) is 0 Å². The van der Waals surface area contributed by atoms with E-state index in [-0.39, 0.29) is 18.4 Å². The molecule has 0 spiro atoms. The van der Waals surface area contributed by atoms with Gasteiger partial charge in [-0.25, -0.2) is 0 Å². The van der Waals surface area contributed by atoms with E-state index in [0.717, 1.165) is 18.4 Å². The normalized spacial score (nSPS) is 13.5. The van der Waals surface area contributed by atoms with Crippen LogP contribution in [0.1, 0.15) is 28.8 Å². The quantitative estimate of drug-likeness (QED) is 0.618. The number of anilines is 1. The number of nitrogens with one attached hydrogen (secondary N) is 2. The molecule has 2 amide bonds. The Balaban J connectivity index is 1.51. The number of amides is 2. The third-order valence-electron chi connectivity index (χ3n) is 4.28. The van der Waals surface area contributed by atoms with Crippen molar-refractivity contribution >= 4 is 52.3 Å². The number of carbonyl (C=O) groups excluding carboxylic acids is 2. The predicted octanol–water partition coefficient (Wildman–Crippen LogP) is 4.61. The first-order valence-corrected chi connectivity index (χ1v) is 9.98. The number of hydrogen-bond acceptors (Lipinski definition) is 3. The lowest BCUT2D eigenvalue weighted by molar-refractivity contribution is -0.117. The lowest BCUT2D eigenvalue weighted by atomic mass is 10.1. The van der Waals surface area contributed by atoms with Crippen molar-refractivity contribution in [1.29, 1.82) is 0 Å². The molecule has 28 heavy (non-hydrogen) atoms. The average Bonchev–Trinajstić information content (AvgIpc) is 3.44. The van der Waals surface area contributed by atoms with Gasteiger partial charge in [0, 0.05) is 18.2 Å². The summed E-state index contributed by atoms with van der Waals surface area (Å²) in [5, 5.41) is 6.67. The topological polar surface area (TPSA) is 61.4 Å². The van der Waals surface area contributed by atoms with Gasteiger partial charge in [-0.3, -0.25) is 14.5 Å². The van der Waals surface area contributed by atoms with E-state index in [1.807, 2.05) is 24.1 Å². The summed E-state index contributed by atoms with van der Waals surface area (Å²) < 4.78 is 0. The number of carbonyl (C=O) groups is 2. The molecule has 0 unspecified atom stereocenters. The minimum atomic E-state index is -0.219. The molecule has 0 aliphatic heterocycles. The van der Waals surface area contributed by atoms with E-state index in [1.165, 1.54) is 12.1 Å². The van der Waals surface area contributed by atoms with E-state index in [1.54, 1.807) is 12.1 Å². The van der Waals surface area contributed by atoms with Crippen molar-refractivity contribution in [3.8, 4) is 0 Å². The van der Waals surface area contributed by atoms with E-state index in [9.17, 15) is 9.59 Å². The van der Waals surface area contributed by atoms with Gasteiger partial charge in [0.1, 0.15) is 0 Å². The van der Waals surface area contributed by atoms with Crippen LogP contribution in [0.25, 0.3) is 0 Å². The zero-order chi connectivity index (χ0) is 20.3. The Morgan fingerprint density at radius 3 is 2.32 bits per heavy atom. The number of rotatable bonds is 7. The minimum absolute atomic E-state index is 0.0414. The molecule has 148 valence electrons. The maximum atomic E-state index is 12.3. The first kappa shape index (κ1) is 20.9. The molecule has 1 fully saturated rings. The molecule has 0 atom stereocenters. The fourth-order valence-electron chi connectivity index (χ4n) is 2.68. The molecule has 0 heterocycles.